The van der Waals surface area contributed by atoms with Gasteiger partial charge in [-0.15, -0.1) is 0 Å². The van der Waals surface area contributed by atoms with E-state index in [0.29, 0.717) is 11.3 Å². The molecule has 0 aliphatic rings. The number of hydrogen-bond acceptors (Lipinski definition) is 2. The molecule has 0 bridgehead atoms. The third kappa shape index (κ3) is 2.66. The molecule has 0 aliphatic carbocycles. The van der Waals surface area contributed by atoms with E-state index < -0.39 is 5.82 Å². The van der Waals surface area contributed by atoms with Gasteiger partial charge in [0.25, 0.3) is 5.91 Å². The van der Waals surface area contributed by atoms with Gasteiger partial charge in [-0.1, -0.05) is 6.07 Å². The van der Waals surface area contributed by atoms with Crippen LogP contribution in [0, 0.1) is 12.7 Å². The summed E-state index contributed by atoms with van der Waals surface area (Å²) in [4.78, 5) is 11.9. The zero-order valence-corrected chi connectivity index (χ0v) is 9.77. The van der Waals surface area contributed by atoms with Crippen LogP contribution in [0.25, 0.3) is 0 Å². The highest BCUT2D eigenvalue weighted by Crippen LogP contribution is 2.17. The van der Waals surface area contributed by atoms with E-state index in [1.165, 1.54) is 36.4 Å². The number of carbonyl (C=O) groups is 1. The minimum atomic E-state index is -0.401. The van der Waals surface area contributed by atoms with Gasteiger partial charge in [-0.2, -0.15) is 0 Å². The van der Waals surface area contributed by atoms with Gasteiger partial charge in [-0.05, 0) is 48.9 Å². The van der Waals surface area contributed by atoms with E-state index in [1.807, 2.05) is 0 Å². The van der Waals surface area contributed by atoms with Crippen molar-refractivity contribution < 1.29 is 14.3 Å². The van der Waals surface area contributed by atoms with Gasteiger partial charge in [0.2, 0.25) is 0 Å². The molecular formula is C14H12FNO2. The molecule has 1 amide bonds. The van der Waals surface area contributed by atoms with Gasteiger partial charge in [0, 0.05) is 11.3 Å². The molecule has 2 aromatic carbocycles. The molecule has 18 heavy (non-hydrogen) atoms. The van der Waals surface area contributed by atoms with Crippen molar-refractivity contribution in [1.82, 2.24) is 0 Å². The van der Waals surface area contributed by atoms with Crippen molar-refractivity contribution in [2.45, 2.75) is 6.92 Å². The first-order chi connectivity index (χ1) is 8.56. The Morgan fingerprint density at radius 1 is 1.17 bits per heavy atom. The number of nitrogens with one attached hydrogen (secondary N) is 1. The van der Waals surface area contributed by atoms with Crippen LogP contribution < -0.4 is 5.32 Å². The number of halogens is 1. The van der Waals surface area contributed by atoms with Crippen molar-refractivity contribution in [3.8, 4) is 5.75 Å². The van der Waals surface area contributed by atoms with E-state index in [4.69, 9.17) is 5.11 Å². The molecule has 0 atom stereocenters. The van der Waals surface area contributed by atoms with E-state index in [9.17, 15) is 9.18 Å². The number of hydrogen-bond donors (Lipinski definition) is 2. The van der Waals surface area contributed by atoms with Crippen molar-refractivity contribution in [3.05, 3.63) is 59.4 Å². The zero-order valence-electron chi connectivity index (χ0n) is 9.77. The minimum Gasteiger partial charge on any atom is -0.508 e. The van der Waals surface area contributed by atoms with Crippen LogP contribution in [-0.2, 0) is 0 Å². The Bertz CT molecular complexity index is 579. The maximum Gasteiger partial charge on any atom is 0.255 e. The lowest BCUT2D eigenvalue weighted by atomic mass is 10.1. The van der Waals surface area contributed by atoms with Crippen molar-refractivity contribution in [2.24, 2.45) is 0 Å². The number of phenolic OH excluding ortho intramolecular Hbond substituents is 1. The fourth-order valence-electron chi connectivity index (χ4n) is 1.54. The van der Waals surface area contributed by atoms with Crippen molar-refractivity contribution >= 4 is 11.6 Å². The van der Waals surface area contributed by atoms with Crippen LogP contribution in [0.3, 0.4) is 0 Å². The molecule has 0 heterocycles. The number of carbonyl (C=O) groups excluding carboxylic acids is 1. The summed E-state index contributed by atoms with van der Waals surface area (Å²) >= 11 is 0. The second kappa shape index (κ2) is 4.87. The van der Waals surface area contributed by atoms with Crippen LogP contribution in [0.4, 0.5) is 10.1 Å². The molecule has 0 saturated heterocycles. The molecule has 0 saturated carbocycles. The summed E-state index contributed by atoms with van der Waals surface area (Å²) in [5.74, 6) is -0.654. The lowest BCUT2D eigenvalue weighted by Gasteiger charge is -2.08. The molecule has 2 rings (SSSR count). The Kier molecular flexibility index (Phi) is 3.28. The highest BCUT2D eigenvalue weighted by Gasteiger charge is 2.08. The number of benzene rings is 2. The van der Waals surface area contributed by atoms with Gasteiger partial charge in [0.05, 0.1) is 0 Å². The Hall–Kier alpha value is -2.36. The Morgan fingerprint density at radius 3 is 2.50 bits per heavy atom. The summed E-state index contributed by atoms with van der Waals surface area (Å²) in [6, 6.07) is 10.1. The zero-order chi connectivity index (χ0) is 13.1. The van der Waals surface area contributed by atoms with Gasteiger partial charge in [-0.3, -0.25) is 4.79 Å². The van der Waals surface area contributed by atoms with Crippen LogP contribution in [0.5, 0.6) is 5.75 Å². The first-order valence-electron chi connectivity index (χ1n) is 5.43. The number of amides is 1. The van der Waals surface area contributed by atoms with Gasteiger partial charge >= 0.3 is 0 Å². The molecule has 2 N–H and O–H groups in total. The fourth-order valence-corrected chi connectivity index (χ4v) is 1.54. The second-order valence-corrected chi connectivity index (χ2v) is 3.96. The van der Waals surface area contributed by atoms with E-state index in [1.54, 1.807) is 13.0 Å². The number of aromatic hydroxyl groups is 1. The lowest BCUT2D eigenvalue weighted by Crippen LogP contribution is -2.12. The standard InChI is InChI=1S/C14H12FNO2/c1-9-2-5-11(15)8-13(9)16-14(18)10-3-6-12(17)7-4-10/h2-8,17H,1H3,(H,16,18). The highest BCUT2D eigenvalue weighted by atomic mass is 19.1. The third-order valence-corrected chi connectivity index (χ3v) is 2.58. The number of aryl methyl sites for hydroxylation is 1. The molecule has 0 unspecified atom stereocenters. The monoisotopic (exact) mass is 245 g/mol. The Labute approximate surface area is 104 Å². The third-order valence-electron chi connectivity index (χ3n) is 2.58. The fraction of sp³-hybridized carbons (Fsp3) is 0.0714. The summed E-state index contributed by atoms with van der Waals surface area (Å²) in [7, 11) is 0. The van der Waals surface area contributed by atoms with E-state index in [-0.39, 0.29) is 11.7 Å². The SMILES string of the molecule is Cc1ccc(F)cc1NC(=O)c1ccc(O)cc1. The topological polar surface area (TPSA) is 49.3 Å². The van der Waals surface area contributed by atoms with E-state index in [0.717, 1.165) is 5.56 Å². The first-order valence-corrected chi connectivity index (χ1v) is 5.43. The number of rotatable bonds is 2. The van der Waals surface area contributed by atoms with Crippen molar-refractivity contribution in [3.63, 3.8) is 0 Å². The molecule has 3 nitrogen and oxygen atoms in total. The quantitative estimate of drug-likeness (QED) is 0.854. The summed E-state index contributed by atoms with van der Waals surface area (Å²) < 4.78 is 13.1. The molecule has 92 valence electrons. The molecule has 0 radical (unpaired) electrons. The van der Waals surface area contributed by atoms with Gasteiger partial charge < -0.3 is 10.4 Å². The molecule has 2 aromatic rings. The second-order valence-electron chi connectivity index (χ2n) is 3.96. The minimum absolute atomic E-state index is 0.0912. The largest absolute Gasteiger partial charge is 0.508 e. The van der Waals surface area contributed by atoms with Crippen LogP contribution in [-0.4, -0.2) is 11.0 Å². The molecule has 4 heteroatoms. The normalized spacial score (nSPS) is 10.1. The molecule has 0 fully saturated rings. The van der Waals surface area contributed by atoms with Crippen LogP contribution in [0.15, 0.2) is 42.5 Å². The highest BCUT2D eigenvalue weighted by molar-refractivity contribution is 6.04. The molecule has 0 spiro atoms. The first kappa shape index (κ1) is 12.1. The van der Waals surface area contributed by atoms with Crippen LogP contribution in [0.2, 0.25) is 0 Å². The summed E-state index contributed by atoms with van der Waals surface area (Å²) in [6.45, 7) is 1.78. The Balaban J connectivity index is 2.21. The maximum absolute atomic E-state index is 13.1. The van der Waals surface area contributed by atoms with Crippen molar-refractivity contribution in [1.29, 1.82) is 0 Å². The van der Waals surface area contributed by atoms with Gasteiger partial charge in [0.15, 0.2) is 0 Å². The summed E-state index contributed by atoms with van der Waals surface area (Å²) in [6.07, 6.45) is 0. The van der Waals surface area contributed by atoms with Crippen molar-refractivity contribution in [2.75, 3.05) is 5.32 Å². The predicted octanol–water partition coefficient (Wildman–Crippen LogP) is 3.09. The van der Waals surface area contributed by atoms with Gasteiger partial charge in [-0.25, -0.2) is 4.39 Å². The smallest absolute Gasteiger partial charge is 0.255 e. The average Bonchev–Trinajstić information content (AvgIpc) is 2.34. The van der Waals surface area contributed by atoms with Gasteiger partial charge in [0.1, 0.15) is 11.6 Å². The molecular weight excluding hydrogens is 233 g/mol. The maximum atomic E-state index is 13.1. The van der Waals surface area contributed by atoms with Crippen LogP contribution >= 0.6 is 0 Å². The summed E-state index contributed by atoms with van der Waals surface area (Å²) in [5, 5.41) is 11.8. The summed E-state index contributed by atoms with van der Waals surface area (Å²) in [5.41, 5.74) is 1.62. The number of anilines is 1. The predicted molar refractivity (Wildman–Crippen MR) is 67.2 cm³/mol. The molecule has 0 aromatic heterocycles. The van der Waals surface area contributed by atoms with E-state index in [2.05, 4.69) is 5.32 Å². The molecule has 0 aliphatic heterocycles. The number of phenols is 1. The average molecular weight is 245 g/mol. The Morgan fingerprint density at radius 2 is 1.83 bits per heavy atom. The lowest BCUT2D eigenvalue weighted by molar-refractivity contribution is 0.102. The van der Waals surface area contributed by atoms with Crippen LogP contribution in [0.1, 0.15) is 15.9 Å². The van der Waals surface area contributed by atoms with E-state index >= 15 is 0 Å².